The summed E-state index contributed by atoms with van der Waals surface area (Å²) in [6, 6.07) is 8.44. The van der Waals surface area contributed by atoms with E-state index < -0.39 is 11.9 Å². The number of carbonyl (C=O) groups excluding carboxylic acids is 2. The Balaban J connectivity index is 2.55. The lowest BCUT2D eigenvalue weighted by Gasteiger charge is -2.15. The van der Waals surface area contributed by atoms with Crippen molar-refractivity contribution in [3.05, 3.63) is 41.5 Å². The van der Waals surface area contributed by atoms with Gasteiger partial charge in [-0.3, -0.25) is 0 Å². The molecular weight excluding hydrogens is 203 g/mol. The Hall–Kier alpha value is -2.10. The summed E-state index contributed by atoms with van der Waals surface area (Å²) in [4.78, 5) is 23.0. The Morgan fingerprint density at radius 3 is 2.56 bits per heavy atom. The van der Waals surface area contributed by atoms with Crippen LogP contribution in [0.1, 0.15) is 20.7 Å². The van der Waals surface area contributed by atoms with Crippen molar-refractivity contribution in [3.8, 4) is 0 Å². The minimum Gasteiger partial charge on any atom is -0.386 e. The molecule has 0 saturated heterocycles. The Kier molecular flexibility index (Phi) is 1.69. The molecule has 16 heavy (non-hydrogen) atoms. The Morgan fingerprint density at radius 2 is 1.75 bits per heavy atom. The summed E-state index contributed by atoms with van der Waals surface area (Å²) >= 11 is 0. The van der Waals surface area contributed by atoms with Crippen LogP contribution in [-0.2, 0) is 4.74 Å². The Bertz CT molecular complexity index is 646. The average molecular weight is 208 g/mol. The van der Waals surface area contributed by atoms with Gasteiger partial charge < -0.3 is 4.74 Å². The lowest BCUT2D eigenvalue weighted by Crippen LogP contribution is -2.21. The molecule has 74 valence electrons. The van der Waals surface area contributed by atoms with Gasteiger partial charge in [-0.15, -0.1) is 0 Å². The highest BCUT2D eigenvalue weighted by Crippen LogP contribution is 2.27. The average Bonchev–Trinajstić information content (AvgIpc) is 2.25. The number of rotatable bonds is 0. The summed E-state index contributed by atoms with van der Waals surface area (Å²) in [6.45, 7) is 0. The molecule has 2 radical (unpaired) electrons. The third kappa shape index (κ3) is 1.10. The number of esters is 2. The summed E-state index contributed by atoms with van der Waals surface area (Å²) in [7, 11) is 5.68. The van der Waals surface area contributed by atoms with Gasteiger partial charge in [0.25, 0.3) is 0 Å². The van der Waals surface area contributed by atoms with Gasteiger partial charge in [0.1, 0.15) is 7.85 Å². The zero-order valence-corrected chi connectivity index (χ0v) is 8.19. The molecule has 0 bridgehead atoms. The van der Waals surface area contributed by atoms with Crippen LogP contribution >= 0.6 is 0 Å². The third-order valence-electron chi connectivity index (χ3n) is 2.62. The molecule has 0 N–H and O–H groups in total. The van der Waals surface area contributed by atoms with E-state index in [4.69, 9.17) is 7.85 Å². The molecule has 0 spiro atoms. The minimum atomic E-state index is -0.638. The van der Waals surface area contributed by atoms with Crippen molar-refractivity contribution >= 4 is 36.0 Å². The first-order valence-corrected chi connectivity index (χ1v) is 4.75. The standard InChI is InChI=1S/C12H5BO3/c13-7-4-6-2-1-3-8-10(6)9(5-7)12(15)16-11(8)14/h1-5H. The lowest BCUT2D eigenvalue weighted by molar-refractivity contribution is 0.0391. The van der Waals surface area contributed by atoms with Gasteiger partial charge in [0.2, 0.25) is 0 Å². The summed E-state index contributed by atoms with van der Waals surface area (Å²) in [6.07, 6.45) is 0. The smallest absolute Gasteiger partial charge is 0.346 e. The van der Waals surface area contributed by atoms with Gasteiger partial charge in [-0.25, -0.2) is 9.59 Å². The molecule has 2 aromatic carbocycles. The second-order valence-electron chi connectivity index (χ2n) is 3.65. The van der Waals surface area contributed by atoms with Gasteiger partial charge in [0, 0.05) is 5.39 Å². The van der Waals surface area contributed by atoms with E-state index in [1.165, 1.54) is 6.07 Å². The maximum Gasteiger partial charge on any atom is 0.346 e. The van der Waals surface area contributed by atoms with Gasteiger partial charge in [0.05, 0.1) is 11.1 Å². The van der Waals surface area contributed by atoms with E-state index in [0.29, 0.717) is 22.0 Å². The first-order chi connectivity index (χ1) is 7.66. The number of carbonyl (C=O) groups is 2. The topological polar surface area (TPSA) is 43.4 Å². The van der Waals surface area contributed by atoms with Crippen molar-refractivity contribution in [1.82, 2.24) is 0 Å². The molecule has 0 atom stereocenters. The maximum absolute atomic E-state index is 11.5. The zero-order valence-electron chi connectivity index (χ0n) is 8.19. The quantitative estimate of drug-likeness (QED) is 0.367. The van der Waals surface area contributed by atoms with Crippen LogP contribution in [0.4, 0.5) is 0 Å². The van der Waals surface area contributed by atoms with Crippen molar-refractivity contribution < 1.29 is 14.3 Å². The van der Waals surface area contributed by atoms with Gasteiger partial charge >= 0.3 is 11.9 Å². The van der Waals surface area contributed by atoms with Crippen molar-refractivity contribution in [2.45, 2.75) is 0 Å². The molecule has 0 aliphatic carbocycles. The number of hydrogen-bond donors (Lipinski definition) is 0. The van der Waals surface area contributed by atoms with Crippen LogP contribution in [0.5, 0.6) is 0 Å². The van der Waals surface area contributed by atoms with E-state index in [1.54, 1.807) is 18.2 Å². The highest BCUT2D eigenvalue weighted by atomic mass is 16.6. The van der Waals surface area contributed by atoms with Gasteiger partial charge in [-0.05, 0) is 11.5 Å². The highest BCUT2D eigenvalue weighted by Gasteiger charge is 2.26. The van der Waals surface area contributed by atoms with Crippen LogP contribution in [0.3, 0.4) is 0 Å². The van der Waals surface area contributed by atoms with Crippen LogP contribution in [0, 0.1) is 0 Å². The van der Waals surface area contributed by atoms with E-state index in [1.807, 2.05) is 6.07 Å². The predicted octanol–water partition coefficient (Wildman–Crippen LogP) is 0.944. The van der Waals surface area contributed by atoms with Crippen LogP contribution in [0.15, 0.2) is 30.3 Å². The van der Waals surface area contributed by atoms with E-state index in [0.717, 1.165) is 5.39 Å². The number of benzene rings is 2. The van der Waals surface area contributed by atoms with E-state index in [2.05, 4.69) is 4.74 Å². The van der Waals surface area contributed by atoms with E-state index in [-0.39, 0.29) is 0 Å². The fraction of sp³-hybridized carbons (Fsp3) is 0. The number of hydrogen-bond acceptors (Lipinski definition) is 3. The van der Waals surface area contributed by atoms with Crippen molar-refractivity contribution in [2.75, 3.05) is 0 Å². The van der Waals surface area contributed by atoms with E-state index >= 15 is 0 Å². The summed E-state index contributed by atoms with van der Waals surface area (Å²) in [5, 5.41) is 1.40. The molecule has 0 unspecified atom stereocenters. The SMILES string of the molecule is [B]c1cc2c3c(cccc3c1)C(=O)OC2=O. The van der Waals surface area contributed by atoms with Gasteiger partial charge in [0.15, 0.2) is 0 Å². The van der Waals surface area contributed by atoms with Crippen molar-refractivity contribution in [2.24, 2.45) is 0 Å². The molecule has 1 aliphatic rings. The normalized spacial score (nSPS) is 14.0. The van der Waals surface area contributed by atoms with Crippen LogP contribution in [0.25, 0.3) is 10.8 Å². The Labute approximate surface area is 92.4 Å². The maximum atomic E-state index is 11.5. The molecule has 0 fully saturated rings. The van der Waals surface area contributed by atoms with Gasteiger partial charge in [-0.2, -0.15) is 0 Å². The second kappa shape index (κ2) is 2.95. The van der Waals surface area contributed by atoms with Crippen LogP contribution in [-0.4, -0.2) is 19.8 Å². The number of cyclic esters (lactones) is 2. The first-order valence-electron chi connectivity index (χ1n) is 4.75. The fourth-order valence-corrected chi connectivity index (χ4v) is 1.98. The molecular formula is C12H5BO3. The summed E-state index contributed by atoms with van der Waals surface area (Å²) in [5.41, 5.74) is 1.24. The summed E-state index contributed by atoms with van der Waals surface area (Å²) in [5.74, 6) is -1.24. The molecule has 1 aliphatic heterocycles. The van der Waals surface area contributed by atoms with Crippen LogP contribution in [0.2, 0.25) is 0 Å². The van der Waals surface area contributed by atoms with Gasteiger partial charge in [-0.1, -0.05) is 29.7 Å². The molecule has 1 heterocycles. The molecule has 0 aromatic heterocycles. The number of ether oxygens (including phenoxy) is 1. The summed E-state index contributed by atoms with van der Waals surface area (Å²) < 4.78 is 4.62. The molecule has 0 saturated carbocycles. The first kappa shape index (κ1) is 9.15. The minimum absolute atomic E-state index is 0.352. The zero-order chi connectivity index (χ0) is 11.3. The third-order valence-corrected chi connectivity index (χ3v) is 2.62. The Morgan fingerprint density at radius 1 is 1.00 bits per heavy atom. The van der Waals surface area contributed by atoms with E-state index in [9.17, 15) is 9.59 Å². The molecule has 2 aromatic rings. The largest absolute Gasteiger partial charge is 0.386 e. The lowest BCUT2D eigenvalue weighted by atomic mass is 9.88. The molecule has 4 heteroatoms. The van der Waals surface area contributed by atoms with Crippen molar-refractivity contribution in [3.63, 3.8) is 0 Å². The monoisotopic (exact) mass is 208 g/mol. The fourth-order valence-electron chi connectivity index (χ4n) is 1.98. The molecule has 0 amide bonds. The van der Waals surface area contributed by atoms with Crippen molar-refractivity contribution in [1.29, 1.82) is 0 Å². The second-order valence-corrected chi connectivity index (χ2v) is 3.65. The van der Waals surface area contributed by atoms with Crippen LogP contribution < -0.4 is 5.46 Å². The molecule has 3 rings (SSSR count). The highest BCUT2D eigenvalue weighted by molar-refractivity contribution is 6.35. The predicted molar refractivity (Wildman–Crippen MR) is 59.1 cm³/mol. The molecule has 3 nitrogen and oxygen atoms in total.